The van der Waals surface area contributed by atoms with Crippen molar-refractivity contribution in [2.75, 3.05) is 0 Å². The molecule has 2 N–H and O–H groups in total. The third-order valence-corrected chi connectivity index (χ3v) is 3.81. The van der Waals surface area contributed by atoms with Gasteiger partial charge in [0.2, 0.25) is 0 Å². The van der Waals surface area contributed by atoms with E-state index >= 15 is 0 Å². The zero-order valence-electron chi connectivity index (χ0n) is 9.87. The molecule has 0 saturated heterocycles. The van der Waals surface area contributed by atoms with Gasteiger partial charge in [-0.3, -0.25) is 0 Å². The number of benzene rings is 1. The van der Waals surface area contributed by atoms with Crippen molar-refractivity contribution in [1.82, 2.24) is 0 Å². The Hall–Kier alpha value is -0.840. The quantitative estimate of drug-likeness (QED) is 0.877. The summed E-state index contributed by atoms with van der Waals surface area (Å²) in [5, 5.41) is 1.16. The molecule has 96 valence electrons. The van der Waals surface area contributed by atoms with E-state index < -0.39 is 5.63 Å². The van der Waals surface area contributed by atoms with Crippen LogP contribution >= 0.6 is 27.5 Å². The van der Waals surface area contributed by atoms with Crippen molar-refractivity contribution in [1.29, 1.82) is 0 Å². The minimum Gasteiger partial charge on any atom is -0.422 e. The second-order valence-electron chi connectivity index (χ2n) is 4.19. The molecule has 0 spiro atoms. The largest absolute Gasteiger partial charge is 0.422 e. The van der Waals surface area contributed by atoms with Gasteiger partial charge in [-0.05, 0) is 31.0 Å². The van der Waals surface area contributed by atoms with Crippen LogP contribution in [0.15, 0.2) is 31.9 Å². The lowest BCUT2D eigenvalue weighted by Gasteiger charge is -2.10. The van der Waals surface area contributed by atoms with Gasteiger partial charge in [-0.2, -0.15) is 0 Å². The molecule has 1 aromatic heterocycles. The molecule has 0 aliphatic rings. The van der Waals surface area contributed by atoms with Crippen LogP contribution in [0.1, 0.15) is 18.9 Å². The van der Waals surface area contributed by atoms with Crippen LogP contribution in [0.2, 0.25) is 5.02 Å². The van der Waals surface area contributed by atoms with Gasteiger partial charge in [0, 0.05) is 15.9 Å². The van der Waals surface area contributed by atoms with Crippen LogP contribution in [-0.2, 0) is 6.42 Å². The monoisotopic (exact) mass is 329 g/mol. The zero-order chi connectivity index (χ0) is 13.3. The van der Waals surface area contributed by atoms with Crippen LogP contribution < -0.4 is 11.4 Å². The molecule has 3 nitrogen and oxygen atoms in total. The first-order valence-corrected chi connectivity index (χ1v) is 6.86. The normalized spacial score (nSPS) is 12.9. The molecule has 0 saturated carbocycles. The van der Waals surface area contributed by atoms with Crippen LogP contribution in [0.25, 0.3) is 11.0 Å². The molecule has 2 aromatic rings. The van der Waals surface area contributed by atoms with Gasteiger partial charge < -0.3 is 10.2 Å². The highest BCUT2D eigenvalue weighted by molar-refractivity contribution is 9.10. The fourth-order valence-electron chi connectivity index (χ4n) is 1.76. The molecule has 0 fully saturated rings. The average molecular weight is 331 g/mol. The first kappa shape index (κ1) is 13.6. The van der Waals surface area contributed by atoms with Crippen LogP contribution in [-0.4, -0.2) is 6.04 Å². The van der Waals surface area contributed by atoms with Gasteiger partial charge in [0.1, 0.15) is 5.58 Å². The van der Waals surface area contributed by atoms with Crippen molar-refractivity contribution >= 4 is 38.5 Å². The lowest BCUT2D eigenvalue weighted by molar-refractivity contribution is 0.538. The molecule has 18 heavy (non-hydrogen) atoms. The van der Waals surface area contributed by atoms with Gasteiger partial charge >= 0.3 is 5.63 Å². The van der Waals surface area contributed by atoms with Crippen LogP contribution in [0.3, 0.4) is 0 Å². The minimum atomic E-state index is -0.404. The minimum absolute atomic E-state index is 0.0880. The van der Waals surface area contributed by atoms with E-state index in [-0.39, 0.29) is 6.04 Å². The van der Waals surface area contributed by atoms with E-state index in [4.69, 9.17) is 21.8 Å². The fourth-order valence-corrected chi connectivity index (χ4v) is 2.42. The smallest absolute Gasteiger partial charge is 0.341 e. The van der Waals surface area contributed by atoms with Crippen LogP contribution in [0.4, 0.5) is 0 Å². The molecule has 0 aliphatic carbocycles. The Balaban J connectivity index is 2.63. The molecule has 0 aliphatic heterocycles. The van der Waals surface area contributed by atoms with Crippen molar-refractivity contribution in [3.05, 3.63) is 43.7 Å². The van der Waals surface area contributed by atoms with E-state index in [0.717, 1.165) is 16.3 Å². The number of hydrogen-bond donors (Lipinski definition) is 1. The maximum atomic E-state index is 11.9. The highest BCUT2D eigenvalue weighted by Crippen LogP contribution is 2.28. The Morgan fingerprint density at radius 3 is 2.89 bits per heavy atom. The maximum absolute atomic E-state index is 11.9. The van der Waals surface area contributed by atoms with Crippen LogP contribution in [0.5, 0.6) is 0 Å². The maximum Gasteiger partial charge on any atom is 0.341 e. The lowest BCUT2D eigenvalue weighted by Crippen LogP contribution is -2.25. The number of rotatable bonds is 3. The van der Waals surface area contributed by atoms with Gasteiger partial charge in [0.15, 0.2) is 0 Å². The highest BCUT2D eigenvalue weighted by atomic mass is 79.9. The molecule has 5 heteroatoms. The van der Waals surface area contributed by atoms with Crippen molar-refractivity contribution < 1.29 is 4.42 Å². The van der Waals surface area contributed by atoms with E-state index in [1.807, 2.05) is 13.0 Å². The summed E-state index contributed by atoms with van der Waals surface area (Å²) in [6, 6.07) is 5.27. The van der Waals surface area contributed by atoms with E-state index in [1.54, 1.807) is 12.1 Å². The second kappa shape index (κ2) is 5.43. The van der Waals surface area contributed by atoms with E-state index in [9.17, 15) is 4.79 Å². The first-order chi connectivity index (χ1) is 8.52. The van der Waals surface area contributed by atoms with Crippen molar-refractivity contribution in [2.24, 2.45) is 5.73 Å². The molecule has 0 bridgehead atoms. The second-order valence-corrected chi connectivity index (χ2v) is 5.49. The van der Waals surface area contributed by atoms with Gasteiger partial charge in [-0.1, -0.05) is 34.5 Å². The van der Waals surface area contributed by atoms with Gasteiger partial charge in [0.25, 0.3) is 0 Å². The average Bonchev–Trinajstić information content (AvgIpc) is 2.35. The molecule has 1 atom stereocenters. The SMILES string of the molecule is CCC(N)Cc1c(Cl)c2cc(Br)ccc2oc1=O. The molecule has 1 unspecified atom stereocenters. The third kappa shape index (κ3) is 2.60. The number of halogens is 2. The number of nitrogens with two attached hydrogens (primary N) is 1. The summed E-state index contributed by atoms with van der Waals surface area (Å²) >= 11 is 9.65. The molecule has 0 amide bonds. The van der Waals surface area contributed by atoms with E-state index in [1.165, 1.54) is 0 Å². The van der Waals surface area contributed by atoms with Crippen molar-refractivity contribution in [3.8, 4) is 0 Å². The van der Waals surface area contributed by atoms with Crippen molar-refractivity contribution in [3.63, 3.8) is 0 Å². The summed E-state index contributed by atoms with van der Waals surface area (Å²) < 4.78 is 6.14. The summed E-state index contributed by atoms with van der Waals surface area (Å²) in [5.74, 6) is 0. The van der Waals surface area contributed by atoms with Gasteiger partial charge in [-0.25, -0.2) is 4.79 Å². The highest BCUT2D eigenvalue weighted by Gasteiger charge is 2.15. The molecule has 1 heterocycles. The standard InChI is InChI=1S/C13H13BrClNO2/c1-2-8(16)6-10-12(15)9-5-7(14)3-4-11(9)18-13(10)17/h3-5,8H,2,6,16H2,1H3. The van der Waals surface area contributed by atoms with Crippen LogP contribution in [0, 0.1) is 0 Å². The Kier molecular flexibility index (Phi) is 4.10. The van der Waals surface area contributed by atoms with Gasteiger partial charge in [-0.15, -0.1) is 0 Å². The Bertz CT molecular complexity index is 639. The summed E-state index contributed by atoms with van der Waals surface area (Å²) in [5.41, 5.74) is 6.41. The molecule has 2 rings (SSSR count). The molecular formula is C13H13BrClNO2. The topological polar surface area (TPSA) is 56.2 Å². The zero-order valence-corrected chi connectivity index (χ0v) is 12.2. The summed E-state index contributed by atoms with van der Waals surface area (Å²) in [6.07, 6.45) is 1.21. The summed E-state index contributed by atoms with van der Waals surface area (Å²) in [4.78, 5) is 11.9. The van der Waals surface area contributed by atoms with Crippen molar-refractivity contribution in [2.45, 2.75) is 25.8 Å². The molecular weight excluding hydrogens is 318 g/mol. The predicted octanol–water partition coefficient (Wildman–Crippen LogP) is 3.49. The third-order valence-electron chi connectivity index (χ3n) is 2.88. The Morgan fingerprint density at radius 1 is 1.50 bits per heavy atom. The Labute approximate surface area is 118 Å². The predicted molar refractivity (Wildman–Crippen MR) is 77.2 cm³/mol. The van der Waals surface area contributed by atoms with Gasteiger partial charge in [0.05, 0.1) is 10.6 Å². The lowest BCUT2D eigenvalue weighted by atomic mass is 10.0. The van der Waals surface area contributed by atoms with E-state index in [2.05, 4.69) is 15.9 Å². The number of hydrogen-bond acceptors (Lipinski definition) is 3. The first-order valence-electron chi connectivity index (χ1n) is 5.69. The molecule has 1 aromatic carbocycles. The molecule has 0 radical (unpaired) electrons. The number of fused-ring (bicyclic) bond motifs is 1. The van der Waals surface area contributed by atoms with E-state index in [0.29, 0.717) is 22.6 Å². The summed E-state index contributed by atoms with van der Waals surface area (Å²) in [7, 11) is 0. The summed E-state index contributed by atoms with van der Waals surface area (Å²) in [6.45, 7) is 1.97. The Morgan fingerprint density at radius 2 is 2.22 bits per heavy atom. The fraction of sp³-hybridized carbons (Fsp3) is 0.308.